The minimum absolute atomic E-state index is 0.0537. The lowest BCUT2D eigenvalue weighted by Gasteiger charge is -2.24. The number of hydrogen-bond donors (Lipinski definition) is 1. The maximum atomic E-state index is 12.0. The Labute approximate surface area is 106 Å². The maximum Gasteiger partial charge on any atom is 0.242 e. The zero-order valence-electron chi connectivity index (χ0n) is 10.1. The second kappa shape index (κ2) is 4.86. The fraction of sp³-hybridized carbons (Fsp3) is 0.818. The largest absolute Gasteiger partial charge is 0.341 e. The van der Waals surface area contributed by atoms with Gasteiger partial charge in [0.25, 0.3) is 0 Å². The second-order valence-electron chi connectivity index (χ2n) is 5.15. The molecule has 96 valence electrons. The first-order chi connectivity index (χ1) is 8.04. The monoisotopic (exact) mass is 257 g/mol. The second-order valence-corrected chi connectivity index (χ2v) is 6.10. The predicted octanol–water partition coefficient (Wildman–Crippen LogP) is -0.283. The molecule has 2 fully saturated rings. The summed E-state index contributed by atoms with van der Waals surface area (Å²) in [5.74, 6) is 1.28. The average Bonchev–Trinajstić information content (AvgIpc) is 2.87. The van der Waals surface area contributed by atoms with Gasteiger partial charge in [0.2, 0.25) is 11.8 Å². The molecule has 2 rings (SSSR count). The molecule has 0 aromatic carbocycles. The van der Waals surface area contributed by atoms with Crippen LogP contribution in [0.2, 0.25) is 0 Å². The van der Waals surface area contributed by atoms with E-state index >= 15 is 0 Å². The molecule has 2 aliphatic heterocycles. The van der Waals surface area contributed by atoms with Crippen LogP contribution < -0.4 is 5.73 Å². The van der Waals surface area contributed by atoms with Gasteiger partial charge in [0, 0.05) is 13.1 Å². The Morgan fingerprint density at radius 1 is 1.59 bits per heavy atom. The van der Waals surface area contributed by atoms with Crippen LogP contribution in [0, 0.1) is 5.41 Å². The summed E-state index contributed by atoms with van der Waals surface area (Å²) in [6, 6.07) is 0. The van der Waals surface area contributed by atoms with Crippen molar-refractivity contribution in [3.05, 3.63) is 0 Å². The molecule has 1 atom stereocenters. The fourth-order valence-electron chi connectivity index (χ4n) is 2.21. The summed E-state index contributed by atoms with van der Waals surface area (Å²) in [4.78, 5) is 26.9. The molecule has 0 radical (unpaired) electrons. The van der Waals surface area contributed by atoms with E-state index in [-0.39, 0.29) is 23.8 Å². The molecule has 0 saturated carbocycles. The number of nitrogens with two attached hydrogens (primary N) is 1. The molecule has 0 aromatic heterocycles. The van der Waals surface area contributed by atoms with Crippen molar-refractivity contribution in [2.45, 2.75) is 13.3 Å². The number of hydrogen-bond acceptors (Lipinski definition) is 4. The zero-order valence-corrected chi connectivity index (χ0v) is 11.0. The summed E-state index contributed by atoms with van der Waals surface area (Å²) >= 11 is 1.56. The van der Waals surface area contributed by atoms with Gasteiger partial charge >= 0.3 is 0 Å². The van der Waals surface area contributed by atoms with E-state index in [4.69, 9.17) is 5.73 Å². The van der Waals surface area contributed by atoms with Crippen LogP contribution in [-0.2, 0) is 9.59 Å². The molecular weight excluding hydrogens is 238 g/mol. The Balaban J connectivity index is 1.87. The third kappa shape index (κ3) is 2.74. The van der Waals surface area contributed by atoms with Gasteiger partial charge in [-0.1, -0.05) is 6.92 Å². The Morgan fingerprint density at radius 2 is 2.35 bits per heavy atom. The first-order valence-electron chi connectivity index (χ1n) is 5.87. The molecule has 5 nitrogen and oxygen atoms in total. The van der Waals surface area contributed by atoms with E-state index in [1.165, 1.54) is 0 Å². The molecule has 2 aliphatic rings. The summed E-state index contributed by atoms with van der Waals surface area (Å²) in [6.45, 7) is 4.43. The smallest absolute Gasteiger partial charge is 0.242 e. The van der Waals surface area contributed by atoms with Gasteiger partial charge in [0.1, 0.15) is 6.54 Å². The Bertz CT molecular complexity index is 337. The first-order valence-corrected chi connectivity index (χ1v) is 7.03. The molecule has 6 heteroatoms. The van der Waals surface area contributed by atoms with Crippen molar-refractivity contribution in [2.75, 3.05) is 37.8 Å². The minimum Gasteiger partial charge on any atom is -0.341 e. The summed E-state index contributed by atoms with van der Waals surface area (Å²) in [6.07, 6.45) is 0.956. The van der Waals surface area contributed by atoms with Crippen molar-refractivity contribution in [1.82, 2.24) is 9.80 Å². The van der Waals surface area contributed by atoms with Crippen LogP contribution in [0.4, 0.5) is 0 Å². The van der Waals surface area contributed by atoms with Gasteiger partial charge in [-0.3, -0.25) is 9.59 Å². The molecule has 2 heterocycles. The molecule has 0 spiro atoms. The molecule has 0 aromatic rings. The van der Waals surface area contributed by atoms with Crippen molar-refractivity contribution in [3.63, 3.8) is 0 Å². The van der Waals surface area contributed by atoms with Gasteiger partial charge in [-0.15, -0.1) is 11.8 Å². The molecule has 0 aliphatic carbocycles. The first kappa shape index (κ1) is 12.7. The number of thioether (sulfide) groups is 1. The van der Waals surface area contributed by atoms with Gasteiger partial charge in [0.15, 0.2) is 0 Å². The molecule has 2 N–H and O–H groups in total. The van der Waals surface area contributed by atoms with E-state index in [1.807, 2.05) is 4.90 Å². The summed E-state index contributed by atoms with van der Waals surface area (Å²) in [7, 11) is 0. The van der Waals surface area contributed by atoms with E-state index in [0.29, 0.717) is 18.2 Å². The minimum atomic E-state index is 0.0537. The molecular formula is C11H19N3O2S. The van der Waals surface area contributed by atoms with Crippen LogP contribution >= 0.6 is 11.8 Å². The quantitative estimate of drug-likeness (QED) is 0.755. The van der Waals surface area contributed by atoms with E-state index in [9.17, 15) is 9.59 Å². The fourth-order valence-corrected chi connectivity index (χ4v) is 3.11. The van der Waals surface area contributed by atoms with Crippen LogP contribution in [0.3, 0.4) is 0 Å². The van der Waals surface area contributed by atoms with Crippen molar-refractivity contribution in [1.29, 1.82) is 0 Å². The lowest BCUT2D eigenvalue weighted by Crippen LogP contribution is -2.41. The maximum absolute atomic E-state index is 12.0. The number of rotatable bonds is 3. The number of carbonyl (C=O) groups is 2. The van der Waals surface area contributed by atoms with Crippen molar-refractivity contribution in [3.8, 4) is 0 Å². The SMILES string of the molecule is CC1(CN)CCN(C(=O)CN2CSCC2=O)C1. The van der Waals surface area contributed by atoms with Crippen molar-refractivity contribution in [2.24, 2.45) is 11.1 Å². The number of nitrogens with zero attached hydrogens (tertiary/aromatic N) is 2. The number of likely N-dealkylation sites (tertiary alicyclic amines) is 1. The van der Waals surface area contributed by atoms with Crippen molar-refractivity contribution < 1.29 is 9.59 Å². The van der Waals surface area contributed by atoms with Crippen LogP contribution in [0.25, 0.3) is 0 Å². The molecule has 2 saturated heterocycles. The topological polar surface area (TPSA) is 66.6 Å². The molecule has 2 amide bonds. The zero-order chi connectivity index (χ0) is 12.5. The van der Waals surface area contributed by atoms with Crippen LogP contribution in [-0.4, -0.2) is 59.4 Å². The highest BCUT2D eigenvalue weighted by Gasteiger charge is 2.35. The molecule has 1 unspecified atom stereocenters. The van der Waals surface area contributed by atoms with Crippen LogP contribution in [0.15, 0.2) is 0 Å². The number of amides is 2. The third-order valence-electron chi connectivity index (χ3n) is 3.55. The lowest BCUT2D eigenvalue weighted by atomic mass is 9.90. The van der Waals surface area contributed by atoms with Gasteiger partial charge in [-0.25, -0.2) is 0 Å². The molecule has 17 heavy (non-hydrogen) atoms. The van der Waals surface area contributed by atoms with E-state index in [0.717, 1.165) is 19.5 Å². The summed E-state index contributed by atoms with van der Waals surface area (Å²) < 4.78 is 0. The Morgan fingerprint density at radius 3 is 2.88 bits per heavy atom. The van der Waals surface area contributed by atoms with Crippen LogP contribution in [0.5, 0.6) is 0 Å². The Kier molecular flexibility index (Phi) is 3.63. The van der Waals surface area contributed by atoms with E-state index < -0.39 is 0 Å². The van der Waals surface area contributed by atoms with Crippen LogP contribution in [0.1, 0.15) is 13.3 Å². The van der Waals surface area contributed by atoms with Gasteiger partial charge < -0.3 is 15.5 Å². The highest BCUT2D eigenvalue weighted by molar-refractivity contribution is 8.00. The Hall–Kier alpha value is -0.750. The standard InChI is InChI=1S/C11H19N3O2S/c1-11(6-12)2-3-13(7-11)9(15)4-14-8-17-5-10(14)16/h2-8,12H2,1H3. The number of carbonyl (C=O) groups excluding carboxylic acids is 2. The van der Waals surface area contributed by atoms with Gasteiger partial charge in [-0.2, -0.15) is 0 Å². The average molecular weight is 257 g/mol. The summed E-state index contributed by atoms with van der Waals surface area (Å²) in [5, 5.41) is 0. The highest BCUT2D eigenvalue weighted by atomic mass is 32.2. The van der Waals surface area contributed by atoms with Gasteiger partial charge in [-0.05, 0) is 18.4 Å². The summed E-state index contributed by atoms with van der Waals surface area (Å²) in [5.41, 5.74) is 5.77. The normalized spacial score (nSPS) is 29.2. The lowest BCUT2D eigenvalue weighted by molar-refractivity contribution is -0.137. The van der Waals surface area contributed by atoms with Gasteiger partial charge in [0.05, 0.1) is 11.6 Å². The third-order valence-corrected chi connectivity index (χ3v) is 4.50. The van der Waals surface area contributed by atoms with E-state index in [1.54, 1.807) is 16.7 Å². The molecule has 0 bridgehead atoms. The predicted molar refractivity (Wildman–Crippen MR) is 67.4 cm³/mol. The highest BCUT2D eigenvalue weighted by Crippen LogP contribution is 2.28. The van der Waals surface area contributed by atoms with E-state index in [2.05, 4.69) is 6.92 Å². The van der Waals surface area contributed by atoms with Crippen molar-refractivity contribution >= 4 is 23.6 Å².